The molecular weight excluding hydrogens is 444 g/mol. The number of hydrogen-bond acceptors (Lipinski definition) is 7. The molecule has 34 heavy (non-hydrogen) atoms. The Kier molecular flexibility index (Phi) is 8.18. The number of anilines is 2. The van der Waals surface area contributed by atoms with Crippen molar-refractivity contribution in [3.05, 3.63) is 100 Å². The molecule has 4 rings (SSSR count). The highest BCUT2D eigenvalue weighted by Crippen LogP contribution is 2.14. The van der Waals surface area contributed by atoms with Crippen LogP contribution >= 0.6 is 11.3 Å². The molecule has 7 nitrogen and oxygen atoms in total. The minimum absolute atomic E-state index is 0.0698. The van der Waals surface area contributed by atoms with E-state index < -0.39 is 6.04 Å². The van der Waals surface area contributed by atoms with Crippen molar-refractivity contribution in [3.8, 4) is 0 Å². The first-order valence-corrected chi connectivity index (χ1v) is 12.1. The van der Waals surface area contributed by atoms with Crippen LogP contribution < -0.4 is 16.0 Å². The Labute approximate surface area is 203 Å². The topological polar surface area (TPSA) is 91.8 Å². The van der Waals surface area contributed by atoms with Crippen LogP contribution in [0.1, 0.15) is 21.7 Å². The molecule has 3 heterocycles. The van der Waals surface area contributed by atoms with Gasteiger partial charge in [0.05, 0.1) is 6.54 Å². The van der Waals surface area contributed by atoms with Gasteiger partial charge < -0.3 is 16.0 Å². The van der Waals surface area contributed by atoms with E-state index in [1.54, 1.807) is 17.5 Å². The molecule has 3 aromatic heterocycles. The SMILES string of the molecule is Cc1cc(N[C@@H](Cc2ccccc2)C(=O)NCc2cccs2)nc(NCCc2cccnc2)n1. The highest BCUT2D eigenvalue weighted by atomic mass is 32.1. The molecule has 1 amide bonds. The van der Waals surface area contributed by atoms with E-state index in [2.05, 4.69) is 30.9 Å². The van der Waals surface area contributed by atoms with Gasteiger partial charge in [-0.25, -0.2) is 4.98 Å². The zero-order chi connectivity index (χ0) is 23.6. The summed E-state index contributed by atoms with van der Waals surface area (Å²) in [5, 5.41) is 11.7. The van der Waals surface area contributed by atoms with Gasteiger partial charge in [-0.2, -0.15) is 4.98 Å². The molecule has 1 atom stereocenters. The Morgan fingerprint density at radius 2 is 1.88 bits per heavy atom. The van der Waals surface area contributed by atoms with E-state index in [4.69, 9.17) is 0 Å². The summed E-state index contributed by atoms with van der Waals surface area (Å²) < 4.78 is 0. The summed E-state index contributed by atoms with van der Waals surface area (Å²) in [6, 6.07) is 19.3. The lowest BCUT2D eigenvalue weighted by Gasteiger charge is -2.20. The summed E-state index contributed by atoms with van der Waals surface area (Å²) in [6.45, 7) is 3.11. The van der Waals surface area contributed by atoms with E-state index in [-0.39, 0.29) is 5.91 Å². The summed E-state index contributed by atoms with van der Waals surface area (Å²) in [6.07, 6.45) is 4.98. The van der Waals surface area contributed by atoms with Gasteiger partial charge in [0, 0.05) is 42.0 Å². The number of thiophene rings is 1. The van der Waals surface area contributed by atoms with Crippen molar-refractivity contribution >= 4 is 29.0 Å². The molecule has 0 bridgehead atoms. The van der Waals surface area contributed by atoms with Crippen LogP contribution in [0.5, 0.6) is 0 Å². The van der Waals surface area contributed by atoms with Gasteiger partial charge in [-0.1, -0.05) is 42.5 Å². The van der Waals surface area contributed by atoms with Gasteiger partial charge in [-0.15, -0.1) is 11.3 Å². The Morgan fingerprint density at radius 1 is 1.03 bits per heavy atom. The molecule has 0 aliphatic rings. The second kappa shape index (κ2) is 11.9. The predicted octanol–water partition coefficient (Wildman–Crippen LogP) is 4.24. The predicted molar refractivity (Wildman–Crippen MR) is 137 cm³/mol. The fraction of sp³-hybridized carbons (Fsp3) is 0.231. The maximum atomic E-state index is 13.1. The zero-order valence-electron chi connectivity index (χ0n) is 19.1. The van der Waals surface area contributed by atoms with Crippen LogP contribution in [0.25, 0.3) is 0 Å². The number of aromatic nitrogens is 3. The maximum Gasteiger partial charge on any atom is 0.243 e. The van der Waals surface area contributed by atoms with Crippen LogP contribution in [-0.4, -0.2) is 33.4 Å². The average molecular weight is 473 g/mol. The first-order chi connectivity index (χ1) is 16.7. The molecule has 4 aromatic rings. The second-order valence-corrected chi connectivity index (χ2v) is 8.97. The first kappa shape index (κ1) is 23.4. The molecule has 0 saturated heterocycles. The molecule has 8 heteroatoms. The zero-order valence-corrected chi connectivity index (χ0v) is 19.9. The van der Waals surface area contributed by atoms with E-state index in [9.17, 15) is 4.79 Å². The Hall–Kier alpha value is -3.78. The summed E-state index contributed by atoms with van der Waals surface area (Å²) >= 11 is 1.63. The average Bonchev–Trinajstić information content (AvgIpc) is 3.37. The number of nitrogens with zero attached hydrogens (tertiary/aromatic N) is 3. The van der Waals surface area contributed by atoms with Gasteiger partial charge in [0.1, 0.15) is 11.9 Å². The molecule has 0 saturated carbocycles. The van der Waals surface area contributed by atoms with Crippen LogP contribution in [0.3, 0.4) is 0 Å². The van der Waals surface area contributed by atoms with Crippen molar-refractivity contribution in [2.24, 2.45) is 0 Å². The van der Waals surface area contributed by atoms with Crippen LogP contribution in [0.15, 0.2) is 78.4 Å². The normalized spacial score (nSPS) is 11.6. The number of nitrogens with one attached hydrogen (secondary N) is 3. The van der Waals surface area contributed by atoms with Crippen molar-refractivity contribution in [2.75, 3.05) is 17.2 Å². The Morgan fingerprint density at radius 3 is 2.65 bits per heavy atom. The monoisotopic (exact) mass is 472 g/mol. The van der Waals surface area contributed by atoms with Crippen LogP contribution in [-0.2, 0) is 24.2 Å². The standard InChI is InChI=1S/C26H28N6OS/c1-19-15-24(32-26(30-19)28-13-11-21-9-5-12-27-17-21)31-23(16-20-7-3-2-4-8-20)25(33)29-18-22-10-6-14-34-22/h2-10,12,14-15,17,23H,11,13,16,18H2,1H3,(H,29,33)(H2,28,30,31,32)/t23-/m0/s1. The lowest BCUT2D eigenvalue weighted by molar-refractivity contribution is -0.122. The van der Waals surface area contributed by atoms with Crippen molar-refractivity contribution in [3.63, 3.8) is 0 Å². The van der Waals surface area contributed by atoms with Gasteiger partial charge >= 0.3 is 0 Å². The van der Waals surface area contributed by atoms with E-state index in [1.165, 1.54) is 0 Å². The molecule has 1 aromatic carbocycles. The number of benzene rings is 1. The molecule has 0 aliphatic carbocycles. The van der Waals surface area contributed by atoms with Gasteiger partial charge in [0.2, 0.25) is 11.9 Å². The van der Waals surface area contributed by atoms with E-state index in [0.717, 1.165) is 28.1 Å². The van der Waals surface area contributed by atoms with Crippen LogP contribution in [0.2, 0.25) is 0 Å². The quantitative estimate of drug-likeness (QED) is 0.303. The highest BCUT2D eigenvalue weighted by Gasteiger charge is 2.20. The van der Waals surface area contributed by atoms with E-state index in [0.29, 0.717) is 31.3 Å². The second-order valence-electron chi connectivity index (χ2n) is 7.94. The van der Waals surface area contributed by atoms with Crippen molar-refractivity contribution in [2.45, 2.75) is 32.4 Å². The van der Waals surface area contributed by atoms with Crippen molar-refractivity contribution in [1.29, 1.82) is 0 Å². The van der Waals surface area contributed by atoms with Gasteiger partial charge in [-0.05, 0) is 42.0 Å². The number of hydrogen-bond donors (Lipinski definition) is 3. The summed E-state index contributed by atoms with van der Waals surface area (Å²) in [4.78, 5) is 27.5. The Balaban J connectivity index is 1.44. The van der Waals surface area contributed by atoms with Crippen molar-refractivity contribution < 1.29 is 4.79 Å². The molecule has 174 valence electrons. The minimum atomic E-state index is -0.472. The van der Waals surface area contributed by atoms with Crippen molar-refractivity contribution in [1.82, 2.24) is 20.3 Å². The number of pyridine rings is 1. The number of carbonyl (C=O) groups excluding carboxylic acids is 1. The number of rotatable bonds is 11. The third kappa shape index (κ3) is 7.11. The summed E-state index contributed by atoms with van der Waals surface area (Å²) in [7, 11) is 0. The summed E-state index contributed by atoms with van der Waals surface area (Å²) in [5.41, 5.74) is 3.04. The van der Waals surface area contributed by atoms with Crippen LogP contribution in [0, 0.1) is 6.92 Å². The minimum Gasteiger partial charge on any atom is -0.358 e. The molecule has 3 N–H and O–H groups in total. The lowest BCUT2D eigenvalue weighted by Crippen LogP contribution is -2.41. The maximum absolute atomic E-state index is 13.1. The summed E-state index contributed by atoms with van der Waals surface area (Å²) in [5.74, 6) is 1.08. The molecule has 0 fully saturated rings. The van der Waals surface area contributed by atoms with Gasteiger partial charge in [0.15, 0.2) is 0 Å². The molecule has 0 spiro atoms. The molecule has 0 aliphatic heterocycles. The first-order valence-electron chi connectivity index (χ1n) is 11.2. The number of amides is 1. The fourth-order valence-corrected chi connectivity index (χ4v) is 4.18. The molecular formula is C26H28N6OS. The third-order valence-corrected chi connectivity index (χ3v) is 6.09. The fourth-order valence-electron chi connectivity index (χ4n) is 3.53. The molecule has 0 radical (unpaired) electrons. The smallest absolute Gasteiger partial charge is 0.243 e. The van der Waals surface area contributed by atoms with E-state index in [1.807, 2.05) is 79.2 Å². The van der Waals surface area contributed by atoms with Crippen LogP contribution in [0.4, 0.5) is 11.8 Å². The number of aryl methyl sites for hydroxylation is 1. The van der Waals surface area contributed by atoms with E-state index >= 15 is 0 Å². The highest BCUT2D eigenvalue weighted by molar-refractivity contribution is 7.09. The largest absolute Gasteiger partial charge is 0.358 e. The number of carbonyl (C=O) groups is 1. The third-order valence-electron chi connectivity index (χ3n) is 5.21. The van der Waals surface area contributed by atoms with Gasteiger partial charge in [0.25, 0.3) is 0 Å². The lowest BCUT2D eigenvalue weighted by atomic mass is 10.1. The Bertz CT molecular complexity index is 1170. The van der Waals surface area contributed by atoms with Gasteiger partial charge in [-0.3, -0.25) is 9.78 Å². The molecule has 0 unspecified atom stereocenters.